The van der Waals surface area contributed by atoms with E-state index in [1.807, 2.05) is 0 Å². The number of β-lactam (4-membered cyclic amide) rings is 1. The number of thiazole rings is 1. The normalized spacial score (nSPS) is 21.1. The number of nitrogens with zero attached hydrogens (tertiary/aromatic N) is 4. The zero-order valence-corrected chi connectivity index (χ0v) is 20.2. The number of carboxylic acids is 1. The largest absolute Gasteiger partial charge is 1.00 e. The van der Waals surface area contributed by atoms with Crippen LogP contribution in [0.25, 0.3) is 0 Å². The molecule has 2 aliphatic rings. The molecule has 0 aliphatic carbocycles. The number of rotatable bonds is 7. The van der Waals surface area contributed by atoms with Crippen molar-refractivity contribution in [3.05, 3.63) is 33.2 Å². The smallest absolute Gasteiger partial charge is 0.543 e. The van der Waals surface area contributed by atoms with Gasteiger partial charge in [0.05, 0.1) is 17.9 Å². The Hall–Kier alpha value is -2.04. The number of nitrogens with two attached hydrogens (primary N) is 1. The van der Waals surface area contributed by atoms with Gasteiger partial charge in [-0.25, -0.2) is 4.98 Å². The van der Waals surface area contributed by atoms with Crippen molar-refractivity contribution in [2.75, 3.05) is 11.5 Å². The number of thioether (sulfide) groups is 2. The van der Waals surface area contributed by atoms with Crippen molar-refractivity contribution in [1.29, 1.82) is 0 Å². The number of nitrogens with one attached hydrogen (secondary N) is 1. The van der Waals surface area contributed by atoms with Crippen LogP contribution in [0.5, 0.6) is 0 Å². The van der Waals surface area contributed by atoms with Crippen LogP contribution in [0, 0.1) is 0 Å². The third-order valence-corrected chi connectivity index (χ3v) is 6.99. The van der Waals surface area contributed by atoms with Gasteiger partial charge in [-0.1, -0.05) is 22.1 Å². The van der Waals surface area contributed by atoms with Gasteiger partial charge in [0, 0.05) is 16.0 Å². The Kier molecular flexibility index (Phi) is 8.96. The average Bonchev–Trinajstić information content (AvgIpc) is 3.15. The zero-order valence-electron chi connectivity index (χ0n) is 15.8. The molecule has 0 radical (unpaired) electrons. The van der Waals surface area contributed by atoms with E-state index >= 15 is 0 Å². The molecule has 16 heteroatoms. The number of hydrogen-bond donors (Lipinski definition) is 4. The summed E-state index contributed by atoms with van der Waals surface area (Å²) in [6, 6.07) is -1.02. The zero-order chi connectivity index (χ0) is 21.8. The van der Waals surface area contributed by atoms with E-state index in [1.54, 1.807) is 0 Å². The summed E-state index contributed by atoms with van der Waals surface area (Å²) in [5.74, 6) is -2.78. The van der Waals surface area contributed by atoms with Gasteiger partial charge in [0.25, 0.3) is 11.8 Å². The summed E-state index contributed by atoms with van der Waals surface area (Å²) in [4.78, 5) is 41.9. The topological polar surface area (TPSA) is 194 Å². The molecule has 2 atom stereocenters. The van der Waals surface area contributed by atoms with Gasteiger partial charge >= 0.3 is 29.6 Å². The maximum atomic E-state index is 12.6. The van der Waals surface area contributed by atoms with Crippen molar-refractivity contribution in [3.8, 4) is 0 Å². The SMILES string of the molecule is Nc1nc(/C(=N/O)C(=O)NC2C(=O)N3C(C(=O)[O-])=C(S/C=C\C=N\O)CS[C@H]23)cs1.[Na+]. The molecule has 3 rings (SSSR count). The Labute approximate surface area is 209 Å². The van der Waals surface area contributed by atoms with Crippen molar-refractivity contribution < 1.29 is 59.5 Å². The fourth-order valence-electron chi connectivity index (χ4n) is 2.69. The Morgan fingerprint density at radius 3 is 2.77 bits per heavy atom. The van der Waals surface area contributed by atoms with Crippen molar-refractivity contribution >= 4 is 69.7 Å². The number of carboxylic acid groups (broad SMARTS) is 1. The molecular weight excluding hydrogens is 479 g/mol. The minimum atomic E-state index is -1.53. The molecule has 31 heavy (non-hydrogen) atoms. The van der Waals surface area contributed by atoms with Gasteiger partial charge < -0.3 is 31.4 Å². The number of nitrogen functional groups attached to an aromatic ring is 1. The van der Waals surface area contributed by atoms with Gasteiger partial charge in [0.1, 0.15) is 17.1 Å². The third kappa shape index (κ3) is 5.24. The molecule has 2 aliphatic heterocycles. The number of anilines is 1. The van der Waals surface area contributed by atoms with Crippen molar-refractivity contribution in [2.24, 2.45) is 10.3 Å². The maximum Gasteiger partial charge on any atom is 1.00 e. The van der Waals surface area contributed by atoms with Crippen LogP contribution in [-0.4, -0.2) is 67.2 Å². The second-order valence-electron chi connectivity index (χ2n) is 5.65. The molecule has 1 fully saturated rings. The number of carbonyl (C=O) groups is 3. The van der Waals surface area contributed by atoms with Crippen LogP contribution in [0.3, 0.4) is 0 Å². The van der Waals surface area contributed by atoms with Crippen molar-refractivity contribution in [3.63, 3.8) is 0 Å². The minimum absolute atomic E-state index is 0. The van der Waals surface area contributed by atoms with E-state index in [-0.39, 0.29) is 51.8 Å². The van der Waals surface area contributed by atoms with E-state index in [2.05, 4.69) is 20.6 Å². The second kappa shape index (κ2) is 11.0. The molecule has 1 unspecified atom stereocenters. The van der Waals surface area contributed by atoms with Crippen LogP contribution in [-0.2, 0) is 14.4 Å². The van der Waals surface area contributed by atoms with Crippen LogP contribution in [0.4, 0.5) is 5.13 Å². The predicted molar refractivity (Wildman–Crippen MR) is 109 cm³/mol. The standard InChI is InChI=1S/C15H14N6O6S3.Na/c16-15-18-6(4-30-15)8(20-27)11(22)19-9-12(23)21-10(14(24)25)7(5-29-13(9)21)28-3-1-2-17-26;/h1-4,9,13,26-27H,5H2,(H2,16,18)(H,19,22)(H,24,25);/q;+1/p-1/b3-1-,17-2+,20-8-;/t9?,13-;/m1./s1. The number of oxime groups is 2. The van der Waals surface area contributed by atoms with Crippen molar-refractivity contribution in [1.82, 2.24) is 15.2 Å². The average molecular weight is 492 g/mol. The van der Waals surface area contributed by atoms with E-state index in [1.165, 1.54) is 28.6 Å². The van der Waals surface area contributed by atoms with E-state index < -0.39 is 34.9 Å². The summed E-state index contributed by atoms with van der Waals surface area (Å²) in [6.45, 7) is 0. The van der Waals surface area contributed by atoms with E-state index in [0.29, 0.717) is 4.91 Å². The minimum Gasteiger partial charge on any atom is -0.543 e. The van der Waals surface area contributed by atoms with E-state index in [4.69, 9.17) is 16.1 Å². The molecule has 1 aromatic heterocycles. The molecule has 0 bridgehead atoms. The first-order chi connectivity index (χ1) is 14.4. The molecule has 0 saturated carbocycles. The predicted octanol–water partition coefficient (Wildman–Crippen LogP) is -4.02. The quantitative estimate of drug-likeness (QED) is 0.0957. The van der Waals surface area contributed by atoms with E-state index in [0.717, 1.165) is 34.2 Å². The molecule has 1 aromatic rings. The number of fused-ring (bicyclic) bond motifs is 1. The Morgan fingerprint density at radius 2 is 2.19 bits per heavy atom. The van der Waals surface area contributed by atoms with Gasteiger partial charge in [-0.3, -0.25) is 14.5 Å². The van der Waals surface area contributed by atoms with Gasteiger partial charge in [-0.15, -0.1) is 23.1 Å². The number of carbonyl (C=O) groups excluding carboxylic acids is 3. The number of allylic oxidation sites excluding steroid dienone is 1. The summed E-state index contributed by atoms with van der Waals surface area (Å²) < 4.78 is 0. The molecule has 0 aromatic carbocycles. The van der Waals surface area contributed by atoms with Crippen molar-refractivity contribution in [2.45, 2.75) is 11.4 Å². The Bertz CT molecular complexity index is 1010. The number of aliphatic carboxylic acids is 1. The summed E-state index contributed by atoms with van der Waals surface area (Å²) >= 11 is 3.33. The maximum absolute atomic E-state index is 12.6. The number of amides is 2. The summed E-state index contributed by atoms with van der Waals surface area (Å²) in [5, 5.41) is 39.7. The monoisotopic (exact) mass is 492 g/mol. The molecule has 1 saturated heterocycles. The van der Waals surface area contributed by atoms with Crippen LogP contribution in [0.15, 0.2) is 37.8 Å². The molecule has 0 spiro atoms. The molecule has 3 heterocycles. The number of hydrogen-bond acceptors (Lipinski definition) is 13. The summed E-state index contributed by atoms with van der Waals surface area (Å²) in [6.07, 6.45) is 2.49. The molecule has 2 amide bonds. The first-order valence-corrected chi connectivity index (χ1v) is 10.8. The van der Waals surface area contributed by atoms with Crippen LogP contribution >= 0.6 is 34.9 Å². The van der Waals surface area contributed by atoms with Gasteiger partial charge in [-0.2, -0.15) is 0 Å². The summed E-state index contributed by atoms with van der Waals surface area (Å²) in [5.41, 5.74) is 4.85. The van der Waals surface area contributed by atoms with Crippen LogP contribution < -0.4 is 45.7 Å². The Balaban J connectivity index is 0.00000341. The fraction of sp³-hybridized carbons (Fsp3) is 0.200. The Morgan fingerprint density at radius 1 is 1.45 bits per heavy atom. The molecule has 158 valence electrons. The van der Waals surface area contributed by atoms with E-state index in [9.17, 15) is 19.5 Å². The van der Waals surface area contributed by atoms with Gasteiger partial charge in [0.2, 0.25) is 0 Å². The summed E-state index contributed by atoms with van der Waals surface area (Å²) in [7, 11) is 0. The van der Waals surface area contributed by atoms with Gasteiger partial charge in [0.15, 0.2) is 10.8 Å². The first kappa shape index (κ1) is 25.2. The van der Waals surface area contributed by atoms with Crippen LogP contribution in [0.2, 0.25) is 0 Å². The fourth-order valence-corrected chi connectivity index (χ4v) is 5.51. The number of aromatic nitrogens is 1. The molecular formula is C15H13N6NaO6S3. The van der Waals surface area contributed by atoms with Crippen LogP contribution in [0.1, 0.15) is 5.69 Å². The third-order valence-electron chi connectivity index (χ3n) is 3.93. The molecule has 5 N–H and O–H groups in total. The first-order valence-electron chi connectivity index (χ1n) is 8.01. The second-order valence-corrected chi connectivity index (χ2v) is 8.65. The van der Waals surface area contributed by atoms with Gasteiger partial charge in [-0.05, 0) is 11.5 Å². The molecule has 12 nitrogen and oxygen atoms in total.